The van der Waals surface area contributed by atoms with E-state index in [1.165, 1.54) is 0 Å². The number of nitrogens with zero attached hydrogens (tertiary/aromatic N) is 3. The van der Waals surface area contributed by atoms with Crippen LogP contribution in [-0.4, -0.2) is 48.6 Å². The summed E-state index contributed by atoms with van der Waals surface area (Å²) in [6.45, 7) is -2.87. The van der Waals surface area contributed by atoms with Crippen LogP contribution in [0.2, 0.25) is 0 Å². The van der Waals surface area contributed by atoms with Crippen LogP contribution in [0.15, 0.2) is 23.2 Å². The van der Waals surface area contributed by atoms with Gasteiger partial charge < -0.3 is 16.0 Å². The molecule has 1 atom stereocenters. The molecule has 0 radical (unpaired) electrons. The largest absolute Gasteiger partial charge is 0.354 e. The maximum absolute atomic E-state index is 13.1. The number of rotatable bonds is 7. The second-order valence-corrected chi connectivity index (χ2v) is 9.85. The summed E-state index contributed by atoms with van der Waals surface area (Å²) in [5.74, 6) is -2.14. The lowest BCUT2D eigenvalue weighted by atomic mass is 10.2. The molecule has 0 saturated heterocycles. The molecule has 170 valence electrons. The lowest BCUT2D eigenvalue weighted by Gasteiger charge is -2.14. The number of amides is 2. The van der Waals surface area contributed by atoms with Gasteiger partial charge in [0.25, 0.3) is 12.3 Å². The van der Waals surface area contributed by atoms with E-state index in [-0.39, 0.29) is 28.7 Å². The zero-order chi connectivity index (χ0) is 25.8. The highest BCUT2D eigenvalue weighted by molar-refractivity contribution is 7.90. The van der Waals surface area contributed by atoms with Crippen molar-refractivity contribution in [2.45, 2.75) is 30.6 Å². The van der Waals surface area contributed by atoms with E-state index in [4.69, 9.17) is 4.11 Å². The molecule has 32 heavy (non-hydrogen) atoms. The molecule has 2 aromatic rings. The standard InChI is InChI=1S/C19H20F2N6O4S/c1-22-18(29)14-11(6-13(26-27-14)25-17(28)10-7-19(10)3-4-19)24-16-12(32(2,30)31)5-9(8-23-16)15(20)21/h5-6,8,10,15H,3-4,7H2,1-2H3,(H,22,29)(H2,23,24,25,26,28)/t10-/m1/s1/i1D3. The summed E-state index contributed by atoms with van der Waals surface area (Å²) < 4.78 is 72.3. The monoisotopic (exact) mass is 469 g/mol. The van der Waals surface area contributed by atoms with E-state index in [1.807, 2.05) is 0 Å². The van der Waals surface area contributed by atoms with Crippen LogP contribution in [0.25, 0.3) is 0 Å². The van der Waals surface area contributed by atoms with Gasteiger partial charge in [-0.2, -0.15) is 0 Å². The maximum Gasteiger partial charge on any atom is 0.273 e. The van der Waals surface area contributed by atoms with Crippen LogP contribution < -0.4 is 16.0 Å². The molecule has 2 heterocycles. The van der Waals surface area contributed by atoms with Crippen molar-refractivity contribution in [2.24, 2.45) is 11.3 Å². The van der Waals surface area contributed by atoms with Gasteiger partial charge in [0.05, 0.1) is 5.69 Å². The molecule has 1 spiro atoms. The third-order valence-corrected chi connectivity index (χ3v) is 6.66. The summed E-state index contributed by atoms with van der Waals surface area (Å²) in [7, 11) is -4.06. The van der Waals surface area contributed by atoms with E-state index in [1.54, 1.807) is 5.32 Å². The number of anilines is 3. The van der Waals surface area contributed by atoms with Gasteiger partial charge in [-0.3, -0.25) is 9.59 Å². The quantitative estimate of drug-likeness (QED) is 0.559. The highest BCUT2D eigenvalue weighted by Gasteiger charge is 2.65. The first kappa shape index (κ1) is 18.4. The van der Waals surface area contributed by atoms with E-state index < -0.39 is 51.1 Å². The molecule has 2 fully saturated rings. The number of sulfone groups is 1. The van der Waals surface area contributed by atoms with E-state index in [0.717, 1.165) is 43.8 Å². The van der Waals surface area contributed by atoms with Crippen LogP contribution in [0.4, 0.5) is 26.1 Å². The molecule has 2 aliphatic carbocycles. The summed E-state index contributed by atoms with van der Waals surface area (Å²) in [5.41, 5.74) is -1.39. The second-order valence-electron chi connectivity index (χ2n) is 7.87. The Labute approximate surface area is 186 Å². The molecule has 2 aliphatic rings. The number of nitrogens with one attached hydrogen (secondary N) is 3. The van der Waals surface area contributed by atoms with Gasteiger partial charge in [-0.05, 0) is 30.7 Å². The van der Waals surface area contributed by atoms with Gasteiger partial charge in [0, 0.05) is 41.1 Å². The molecular formula is C19H20F2N6O4S. The number of hydrogen-bond donors (Lipinski definition) is 3. The summed E-state index contributed by atoms with van der Waals surface area (Å²) in [6, 6.07) is 1.88. The van der Waals surface area contributed by atoms with Gasteiger partial charge in [-0.25, -0.2) is 22.2 Å². The topological polar surface area (TPSA) is 143 Å². The average Bonchev–Trinajstić information content (AvgIpc) is 3.65. The number of pyridine rings is 1. The first-order valence-electron chi connectivity index (χ1n) is 10.9. The Bertz CT molecular complexity index is 1320. The van der Waals surface area contributed by atoms with Gasteiger partial charge in [0.15, 0.2) is 21.3 Å². The van der Waals surface area contributed by atoms with Crippen molar-refractivity contribution in [3.63, 3.8) is 0 Å². The molecule has 3 N–H and O–H groups in total. The third kappa shape index (κ3) is 4.24. The molecule has 10 nitrogen and oxygen atoms in total. The number of halogens is 2. The Hall–Kier alpha value is -3.22. The molecule has 4 rings (SSSR count). The van der Waals surface area contributed by atoms with Gasteiger partial charge in [0.2, 0.25) is 5.91 Å². The summed E-state index contributed by atoms with van der Waals surface area (Å²) >= 11 is 0. The van der Waals surface area contributed by atoms with E-state index in [0.29, 0.717) is 0 Å². The van der Waals surface area contributed by atoms with Crippen molar-refractivity contribution in [2.75, 3.05) is 23.9 Å². The van der Waals surface area contributed by atoms with Crippen molar-refractivity contribution in [3.8, 4) is 0 Å². The van der Waals surface area contributed by atoms with Gasteiger partial charge in [-0.1, -0.05) is 0 Å². The highest BCUT2D eigenvalue weighted by atomic mass is 32.2. The Morgan fingerprint density at radius 2 is 2.03 bits per heavy atom. The van der Waals surface area contributed by atoms with Crippen molar-refractivity contribution in [3.05, 3.63) is 29.6 Å². The third-order valence-electron chi connectivity index (χ3n) is 5.55. The molecule has 13 heteroatoms. The summed E-state index contributed by atoms with van der Waals surface area (Å²) in [6.07, 6.45) is 1.24. The van der Waals surface area contributed by atoms with Gasteiger partial charge in [-0.15, -0.1) is 10.2 Å². The molecule has 0 unspecified atom stereocenters. The number of hydrogen-bond acceptors (Lipinski definition) is 8. The highest BCUT2D eigenvalue weighted by Crippen LogP contribution is 2.70. The Kier molecular flexibility index (Phi) is 4.43. The van der Waals surface area contributed by atoms with Crippen molar-refractivity contribution < 1.29 is 30.9 Å². The van der Waals surface area contributed by atoms with E-state index in [9.17, 15) is 26.8 Å². The minimum Gasteiger partial charge on any atom is -0.354 e. The molecular weight excluding hydrogens is 446 g/mol. The van der Waals surface area contributed by atoms with Crippen LogP contribution in [0.3, 0.4) is 0 Å². The van der Waals surface area contributed by atoms with Crippen molar-refractivity contribution in [1.82, 2.24) is 20.5 Å². The normalized spacial score (nSPS) is 20.1. The lowest BCUT2D eigenvalue weighted by Crippen LogP contribution is -2.23. The minimum absolute atomic E-state index is 0.0544. The smallest absolute Gasteiger partial charge is 0.273 e. The van der Waals surface area contributed by atoms with Crippen LogP contribution >= 0.6 is 0 Å². The van der Waals surface area contributed by atoms with Crippen molar-refractivity contribution >= 4 is 39.0 Å². The Morgan fingerprint density at radius 1 is 1.28 bits per heavy atom. The van der Waals surface area contributed by atoms with E-state index in [2.05, 4.69) is 25.8 Å². The number of aromatic nitrogens is 3. The van der Waals surface area contributed by atoms with Crippen LogP contribution in [-0.2, 0) is 14.6 Å². The Balaban J connectivity index is 1.70. The maximum atomic E-state index is 13.1. The lowest BCUT2D eigenvalue weighted by molar-refractivity contribution is -0.117. The summed E-state index contributed by atoms with van der Waals surface area (Å²) in [5, 5.41) is 14.3. The van der Waals surface area contributed by atoms with Gasteiger partial charge in [0.1, 0.15) is 10.7 Å². The van der Waals surface area contributed by atoms with Crippen LogP contribution in [0.1, 0.15) is 45.9 Å². The zero-order valence-corrected chi connectivity index (χ0v) is 17.5. The number of carbonyl (C=O) groups excluding carboxylic acids is 2. The Morgan fingerprint density at radius 3 is 2.62 bits per heavy atom. The summed E-state index contributed by atoms with van der Waals surface area (Å²) in [4.78, 5) is 28.1. The molecule has 2 saturated carbocycles. The molecule has 2 amide bonds. The fourth-order valence-corrected chi connectivity index (χ4v) is 4.31. The zero-order valence-electron chi connectivity index (χ0n) is 19.6. The van der Waals surface area contributed by atoms with Gasteiger partial charge >= 0.3 is 0 Å². The van der Waals surface area contributed by atoms with Crippen LogP contribution in [0, 0.1) is 11.3 Å². The second kappa shape index (κ2) is 7.73. The SMILES string of the molecule is [2H]C([2H])([2H])NC(=O)c1nnc(NC(=O)[C@H]2CC23CC3)cc1Nc1ncc(C(F)F)cc1S(C)(=O)=O. The first-order chi connectivity index (χ1) is 16.2. The number of alkyl halides is 2. The fraction of sp³-hybridized carbons (Fsp3) is 0.421. The van der Waals surface area contributed by atoms with Crippen LogP contribution in [0.5, 0.6) is 0 Å². The first-order valence-corrected chi connectivity index (χ1v) is 11.3. The predicted octanol–water partition coefficient (Wildman–Crippen LogP) is 2.05. The average molecular weight is 469 g/mol. The minimum atomic E-state index is -4.06. The molecule has 0 aliphatic heterocycles. The molecule has 2 aromatic heterocycles. The number of carbonyl (C=O) groups is 2. The van der Waals surface area contributed by atoms with Crippen molar-refractivity contribution in [1.29, 1.82) is 0 Å². The fourth-order valence-electron chi connectivity index (χ4n) is 3.50. The molecule has 0 bridgehead atoms. The van der Waals surface area contributed by atoms with E-state index >= 15 is 0 Å². The predicted molar refractivity (Wildman–Crippen MR) is 109 cm³/mol. The molecule has 0 aromatic carbocycles.